The van der Waals surface area contributed by atoms with Gasteiger partial charge in [-0.3, -0.25) is 24.1 Å². The van der Waals surface area contributed by atoms with Crippen LogP contribution in [-0.4, -0.2) is 23.3 Å². The first-order chi connectivity index (χ1) is 14.9. The van der Waals surface area contributed by atoms with Crippen LogP contribution in [0.2, 0.25) is 5.02 Å². The number of Topliss-reactive ketones (excluding diaryl/α,β-unsaturated/α-hetero) is 3. The van der Waals surface area contributed by atoms with Crippen LogP contribution in [0.4, 0.5) is 5.69 Å². The summed E-state index contributed by atoms with van der Waals surface area (Å²) >= 11 is 6.02. The average molecular weight is 432 g/mol. The van der Waals surface area contributed by atoms with Crippen LogP contribution in [0.5, 0.6) is 0 Å². The maximum absolute atomic E-state index is 13.3. The van der Waals surface area contributed by atoms with Crippen molar-refractivity contribution in [3.63, 3.8) is 0 Å². The summed E-state index contributed by atoms with van der Waals surface area (Å²) < 4.78 is 0. The lowest BCUT2D eigenvalue weighted by Gasteiger charge is -2.27. The summed E-state index contributed by atoms with van der Waals surface area (Å²) in [6.45, 7) is 1.45. The second-order valence-electron chi connectivity index (χ2n) is 7.35. The van der Waals surface area contributed by atoms with E-state index in [0.717, 1.165) is 0 Å². The molecule has 1 saturated heterocycles. The molecule has 154 valence electrons. The molecule has 0 spiro atoms. The van der Waals surface area contributed by atoms with E-state index in [2.05, 4.69) is 0 Å². The van der Waals surface area contributed by atoms with Gasteiger partial charge in [-0.1, -0.05) is 54.1 Å². The van der Waals surface area contributed by atoms with E-state index in [0.29, 0.717) is 27.4 Å². The Morgan fingerprint density at radius 3 is 2.00 bits per heavy atom. The van der Waals surface area contributed by atoms with E-state index < -0.39 is 29.4 Å². The number of nitrogens with zero attached hydrogens (tertiary/aromatic N) is 1. The smallest absolute Gasteiger partial charge is 0.295 e. The molecule has 0 aliphatic carbocycles. The van der Waals surface area contributed by atoms with Gasteiger partial charge in [-0.05, 0) is 48.9 Å². The van der Waals surface area contributed by atoms with Crippen molar-refractivity contribution in [1.82, 2.24) is 0 Å². The largest absolute Gasteiger partial charge is 0.297 e. The van der Waals surface area contributed by atoms with Gasteiger partial charge in [-0.25, -0.2) is 0 Å². The Morgan fingerprint density at radius 2 is 1.42 bits per heavy atom. The molecular weight excluding hydrogens is 414 g/mol. The zero-order valence-electron chi connectivity index (χ0n) is 16.6. The Labute approximate surface area is 184 Å². The molecule has 0 bridgehead atoms. The Morgan fingerprint density at radius 1 is 0.806 bits per heavy atom. The van der Waals surface area contributed by atoms with E-state index in [-0.39, 0.29) is 5.78 Å². The maximum Gasteiger partial charge on any atom is 0.295 e. The van der Waals surface area contributed by atoms with Crippen molar-refractivity contribution < 1.29 is 19.2 Å². The van der Waals surface area contributed by atoms with E-state index in [1.807, 2.05) is 0 Å². The molecule has 2 atom stereocenters. The van der Waals surface area contributed by atoms with Gasteiger partial charge in [0.2, 0.25) is 5.78 Å². The highest BCUT2D eigenvalue weighted by Crippen LogP contribution is 2.41. The topological polar surface area (TPSA) is 71.5 Å². The molecule has 2 unspecified atom stereocenters. The predicted octanol–water partition coefficient (Wildman–Crippen LogP) is 4.70. The van der Waals surface area contributed by atoms with Crippen molar-refractivity contribution in [2.45, 2.75) is 13.0 Å². The van der Waals surface area contributed by atoms with Crippen molar-refractivity contribution in [2.75, 3.05) is 4.90 Å². The summed E-state index contributed by atoms with van der Waals surface area (Å²) in [6.07, 6.45) is 0. The zero-order valence-corrected chi connectivity index (χ0v) is 17.4. The first-order valence-electron chi connectivity index (χ1n) is 9.71. The monoisotopic (exact) mass is 431 g/mol. The quantitative estimate of drug-likeness (QED) is 0.333. The third-order valence-electron chi connectivity index (χ3n) is 5.41. The highest BCUT2D eigenvalue weighted by atomic mass is 35.5. The fourth-order valence-corrected chi connectivity index (χ4v) is 3.98. The number of amides is 1. The third-order valence-corrected chi connectivity index (χ3v) is 5.66. The first-order valence-corrected chi connectivity index (χ1v) is 10.1. The molecule has 6 heteroatoms. The summed E-state index contributed by atoms with van der Waals surface area (Å²) in [5, 5.41) is 0.502. The maximum atomic E-state index is 13.3. The number of rotatable bonds is 5. The molecule has 1 aliphatic rings. The van der Waals surface area contributed by atoms with Crippen molar-refractivity contribution in [2.24, 2.45) is 5.92 Å². The zero-order chi connectivity index (χ0) is 22.1. The van der Waals surface area contributed by atoms with Crippen LogP contribution in [0.3, 0.4) is 0 Å². The van der Waals surface area contributed by atoms with Crippen molar-refractivity contribution in [3.8, 4) is 0 Å². The van der Waals surface area contributed by atoms with E-state index >= 15 is 0 Å². The van der Waals surface area contributed by atoms with Crippen LogP contribution in [0.25, 0.3) is 0 Å². The number of carbonyl (C=O) groups is 4. The molecule has 5 nitrogen and oxygen atoms in total. The summed E-state index contributed by atoms with van der Waals surface area (Å²) in [5.41, 5.74) is 1.91. The molecule has 0 saturated carbocycles. The van der Waals surface area contributed by atoms with Crippen LogP contribution in [0.15, 0.2) is 78.9 Å². The van der Waals surface area contributed by atoms with Gasteiger partial charge in [0.25, 0.3) is 5.91 Å². The number of hydrogen-bond donors (Lipinski definition) is 0. The molecule has 31 heavy (non-hydrogen) atoms. The van der Waals surface area contributed by atoms with Gasteiger partial charge in [0, 0.05) is 21.8 Å². The summed E-state index contributed by atoms with van der Waals surface area (Å²) in [4.78, 5) is 52.3. The lowest BCUT2D eigenvalue weighted by molar-refractivity contribution is -0.135. The minimum Gasteiger partial charge on any atom is -0.297 e. The third kappa shape index (κ3) is 3.80. The summed E-state index contributed by atoms with van der Waals surface area (Å²) in [6, 6.07) is 20.8. The average Bonchev–Trinajstić information content (AvgIpc) is 3.05. The standard InChI is InChI=1S/C25H18ClNO4/c1-15(28)16-9-13-20(14-10-16)27-22(17-7-11-19(26)12-8-17)21(24(30)25(27)31)23(29)18-5-3-2-4-6-18/h2-14,21-22H,1H3. The molecule has 0 radical (unpaired) electrons. The second kappa shape index (κ2) is 8.28. The molecular formula is C25H18ClNO4. The number of halogens is 1. The predicted molar refractivity (Wildman–Crippen MR) is 117 cm³/mol. The molecule has 1 fully saturated rings. The van der Waals surface area contributed by atoms with Crippen molar-refractivity contribution >= 4 is 40.5 Å². The van der Waals surface area contributed by atoms with Gasteiger partial charge in [-0.15, -0.1) is 0 Å². The molecule has 4 rings (SSSR count). The Kier molecular flexibility index (Phi) is 5.53. The number of hydrogen-bond acceptors (Lipinski definition) is 4. The normalized spacial score (nSPS) is 18.3. The van der Waals surface area contributed by atoms with Gasteiger partial charge in [0.15, 0.2) is 11.6 Å². The fraction of sp³-hybridized carbons (Fsp3) is 0.120. The van der Waals surface area contributed by atoms with E-state index in [4.69, 9.17) is 11.6 Å². The molecule has 3 aromatic carbocycles. The molecule has 0 N–H and O–H groups in total. The fourth-order valence-electron chi connectivity index (χ4n) is 3.85. The van der Waals surface area contributed by atoms with E-state index in [1.54, 1.807) is 78.9 Å². The minimum absolute atomic E-state index is 0.109. The van der Waals surface area contributed by atoms with E-state index in [9.17, 15) is 19.2 Å². The van der Waals surface area contributed by atoms with Crippen LogP contribution in [0, 0.1) is 5.92 Å². The highest BCUT2D eigenvalue weighted by molar-refractivity contribution is 6.49. The van der Waals surface area contributed by atoms with Crippen molar-refractivity contribution in [3.05, 3.63) is 101 Å². The van der Waals surface area contributed by atoms with Crippen molar-refractivity contribution in [1.29, 1.82) is 0 Å². The molecule has 1 aliphatic heterocycles. The first kappa shape index (κ1) is 20.7. The molecule has 0 aromatic heterocycles. The van der Waals surface area contributed by atoms with Gasteiger partial charge in [-0.2, -0.15) is 0 Å². The SMILES string of the molecule is CC(=O)c1ccc(N2C(=O)C(=O)C(C(=O)c3ccccc3)C2c2ccc(Cl)cc2)cc1. The number of anilines is 1. The van der Waals surface area contributed by atoms with Crippen LogP contribution in [0.1, 0.15) is 39.2 Å². The van der Waals surface area contributed by atoms with Gasteiger partial charge in [0.1, 0.15) is 5.92 Å². The molecule has 1 amide bonds. The molecule has 3 aromatic rings. The minimum atomic E-state index is -1.19. The molecule has 1 heterocycles. The Hall–Kier alpha value is -3.57. The van der Waals surface area contributed by atoms with Crippen LogP contribution >= 0.6 is 11.6 Å². The summed E-state index contributed by atoms with van der Waals surface area (Å²) in [5.74, 6) is -3.23. The number of benzene rings is 3. The van der Waals surface area contributed by atoms with Crippen LogP contribution in [-0.2, 0) is 9.59 Å². The van der Waals surface area contributed by atoms with Crippen LogP contribution < -0.4 is 4.90 Å². The lowest BCUT2D eigenvalue weighted by atomic mass is 9.86. The summed E-state index contributed by atoms with van der Waals surface area (Å²) in [7, 11) is 0. The highest BCUT2D eigenvalue weighted by Gasteiger charge is 2.52. The second-order valence-corrected chi connectivity index (χ2v) is 7.78. The number of carbonyl (C=O) groups excluding carboxylic acids is 4. The lowest BCUT2D eigenvalue weighted by Crippen LogP contribution is -2.30. The number of ketones is 3. The van der Waals surface area contributed by atoms with Gasteiger partial charge >= 0.3 is 0 Å². The Bertz CT molecular complexity index is 1170. The van der Waals surface area contributed by atoms with Gasteiger partial charge < -0.3 is 0 Å². The van der Waals surface area contributed by atoms with E-state index in [1.165, 1.54) is 11.8 Å². The van der Waals surface area contributed by atoms with Gasteiger partial charge in [0.05, 0.1) is 6.04 Å². The Balaban J connectivity index is 1.84.